The second kappa shape index (κ2) is 6.33. The third-order valence-corrected chi connectivity index (χ3v) is 3.40. The van der Waals surface area contributed by atoms with Gasteiger partial charge in [0.1, 0.15) is 0 Å². The van der Waals surface area contributed by atoms with Crippen LogP contribution in [0.25, 0.3) is 0 Å². The van der Waals surface area contributed by atoms with Gasteiger partial charge in [-0.1, -0.05) is 30.3 Å². The Morgan fingerprint density at radius 2 is 1.68 bits per heavy atom. The van der Waals surface area contributed by atoms with E-state index >= 15 is 0 Å². The molecule has 0 radical (unpaired) electrons. The monoisotopic (exact) mass is 262 g/mol. The molecule has 0 atom stereocenters. The van der Waals surface area contributed by atoms with Gasteiger partial charge in [0.15, 0.2) is 0 Å². The molecule has 1 aliphatic rings. The lowest BCUT2D eigenvalue weighted by Gasteiger charge is -2.33. The van der Waals surface area contributed by atoms with Gasteiger partial charge < -0.3 is 10.0 Å². The zero-order chi connectivity index (χ0) is 13.7. The molecule has 0 aromatic heterocycles. The first kappa shape index (κ1) is 13.5. The maximum Gasteiger partial charge on any atom is 0.394 e. The van der Waals surface area contributed by atoms with Crippen LogP contribution in [0.4, 0.5) is 0 Å². The van der Waals surface area contributed by atoms with Gasteiger partial charge in [0.2, 0.25) is 0 Å². The molecule has 0 unspecified atom stereocenters. The van der Waals surface area contributed by atoms with E-state index in [1.165, 1.54) is 10.5 Å². The Hall–Kier alpha value is -1.88. The highest BCUT2D eigenvalue weighted by molar-refractivity contribution is 6.31. The number of carbonyl (C=O) groups is 2. The van der Waals surface area contributed by atoms with Gasteiger partial charge >= 0.3 is 11.9 Å². The molecule has 0 saturated carbocycles. The maximum absolute atomic E-state index is 11.3. The van der Waals surface area contributed by atoms with Gasteiger partial charge in [-0.3, -0.25) is 9.69 Å². The number of carboxylic acids is 1. The van der Waals surface area contributed by atoms with Gasteiger partial charge in [0.05, 0.1) is 0 Å². The minimum atomic E-state index is -1.36. The molecule has 19 heavy (non-hydrogen) atoms. The zero-order valence-electron chi connectivity index (χ0n) is 10.8. The minimum absolute atomic E-state index is 0.500. The molecule has 0 spiro atoms. The summed E-state index contributed by atoms with van der Waals surface area (Å²) in [5, 5.41) is 8.65. The van der Waals surface area contributed by atoms with E-state index in [0.717, 1.165) is 26.1 Å². The van der Waals surface area contributed by atoms with Crippen molar-refractivity contribution in [3.63, 3.8) is 0 Å². The number of benzene rings is 1. The van der Waals surface area contributed by atoms with Crippen molar-refractivity contribution in [3.05, 3.63) is 35.9 Å². The van der Waals surface area contributed by atoms with Crippen molar-refractivity contribution in [1.29, 1.82) is 0 Å². The lowest BCUT2D eigenvalue weighted by atomic mass is 10.1. The minimum Gasteiger partial charge on any atom is -0.474 e. The predicted molar refractivity (Wildman–Crippen MR) is 70.8 cm³/mol. The smallest absolute Gasteiger partial charge is 0.394 e. The van der Waals surface area contributed by atoms with Crippen molar-refractivity contribution in [2.75, 3.05) is 32.7 Å². The van der Waals surface area contributed by atoms with E-state index in [0.29, 0.717) is 13.1 Å². The number of carbonyl (C=O) groups excluding carboxylic acids is 1. The number of hydrogen-bond acceptors (Lipinski definition) is 3. The molecular formula is C14H18N2O3. The zero-order valence-corrected chi connectivity index (χ0v) is 10.8. The van der Waals surface area contributed by atoms with Crippen LogP contribution >= 0.6 is 0 Å². The molecule has 1 saturated heterocycles. The fourth-order valence-electron chi connectivity index (χ4n) is 2.24. The Bertz CT molecular complexity index is 439. The normalized spacial score (nSPS) is 16.3. The molecule has 1 aliphatic heterocycles. The summed E-state index contributed by atoms with van der Waals surface area (Å²) >= 11 is 0. The molecule has 5 heteroatoms. The fraction of sp³-hybridized carbons (Fsp3) is 0.429. The Morgan fingerprint density at radius 1 is 1.05 bits per heavy atom. The summed E-state index contributed by atoms with van der Waals surface area (Å²) in [6, 6.07) is 10.3. The number of amides is 1. The van der Waals surface area contributed by atoms with E-state index in [2.05, 4.69) is 17.0 Å². The van der Waals surface area contributed by atoms with Crippen LogP contribution in [0.15, 0.2) is 30.3 Å². The Labute approximate surface area is 112 Å². The molecule has 0 aliphatic carbocycles. The van der Waals surface area contributed by atoms with Gasteiger partial charge in [-0.15, -0.1) is 0 Å². The molecule has 1 heterocycles. The van der Waals surface area contributed by atoms with Crippen LogP contribution in [0.2, 0.25) is 0 Å². The van der Waals surface area contributed by atoms with E-state index in [-0.39, 0.29) is 0 Å². The highest BCUT2D eigenvalue weighted by Gasteiger charge is 2.25. The van der Waals surface area contributed by atoms with Crippen molar-refractivity contribution in [1.82, 2.24) is 9.80 Å². The largest absolute Gasteiger partial charge is 0.474 e. The van der Waals surface area contributed by atoms with Crippen LogP contribution < -0.4 is 0 Å². The lowest BCUT2D eigenvalue weighted by molar-refractivity contribution is -0.156. The summed E-state index contributed by atoms with van der Waals surface area (Å²) in [6.45, 7) is 3.43. The van der Waals surface area contributed by atoms with Gasteiger partial charge in [0.25, 0.3) is 0 Å². The van der Waals surface area contributed by atoms with Crippen LogP contribution in [0.3, 0.4) is 0 Å². The highest BCUT2D eigenvalue weighted by Crippen LogP contribution is 2.05. The standard InChI is InChI=1S/C14H18N2O3/c17-13(14(18)19)16-10-8-15(9-11-16)7-6-12-4-2-1-3-5-12/h1-5H,6-11H2,(H,18,19). The van der Waals surface area contributed by atoms with E-state index < -0.39 is 11.9 Å². The van der Waals surface area contributed by atoms with Gasteiger partial charge in [-0.25, -0.2) is 4.79 Å². The fourth-order valence-corrected chi connectivity index (χ4v) is 2.24. The summed E-state index contributed by atoms with van der Waals surface area (Å²) in [5.41, 5.74) is 1.30. The van der Waals surface area contributed by atoms with E-state index in [1.807, 2.05) is 18.2 Å². The molecule has 2 rings (SSSR count). The second-order valence-corrected chi connectivity index (χ2v) is 4.67. The quantitative estimate of drug-likeness (QED) is 0.804. The van der Waals surface area contributed by atoms with Crippen molar-refractivity contribution in [3.8, 4) is 0 Å². The third-order valence-electron chi connectivity index (χ3n) is 3.40. The van der Waals surface area contributed by atoms with E-state index in [1.54, 1.807) is 0 Å². The van der Waals surface area contributed by atoms with Crippen molar-refractivity contribution < 1.29 is 14.7 Å². The Kier molecular flexibility index (Phi) is 4.52. The Morgan fingerprint density at radius 3 is 2.26 bits per heavy atom. The number of carboxylic acid groups (broad SMARTS) is 1. The molecule has 0 bridgehead atoms. The van der Waals surface area contributed by atoms with Gasteiger partial charge in [-0.05, 0) is 12.0 Å². The number of rotatable bonds is 3. The first-order chi connectivity index (χ1) is 9.16. The summed E-state index contributed by atoms with van der Waals surface area (Å²) in [7, 11) is 0. The van der Waals surface area contributed by atoms with Gasteiger partial charge in [0, 0.05) is 32.7 Å². The van der Waals surface area contributed by atoms with Crippen LogP contribution in [0.5, 0.6) is 0 Å². The first-order valence-electron chi connectivity index (χ1n) is 6.45. The summed E-state index contributed by atoms with van der Waals surface area (Å²) in [4.78, 5) is 25.5. The Balaban J connectivity index is 1.75. The lowest BCUT2D eigenvalue weighted by Crippen LogP contribution is -2.50. The molecule has 1 fully saturated rings. The van der Waals surface area contributed by atoms with Crippen LogP contribution in [-0.4, -0.2) is 59.5 Å². The van der Waals surface area contributed by atoms with Crippen LogP contribution in [0, 0.1) is 0 Å². The average molecular weight is 262 g/mol. The van der Waals surface area contributed by atoms with Crippen LogP contribution in [-0.2, 0) is 16.0 Å². The first-order valence-corrected chi connectivity index (χ1v) is 6.45. The summed E-state index contributed by atoms with van der Waals surface area (Å²) in [5.74, 6) is -2.15. The number of piperazine rings is 1. The predicted octanol–water partition coefficient (Wildman–Crippen LogP) is 0.458. The van der Waals surface area contributed by atoms with Gasteiger partial charge in [-0.2, -0.15) is 0 Å². The van der Waals surface area contributed by atoms with Crippen molar-refractivity contribution in [2.24, 2.45) is 0 Å². The van der Waals surface area contributed by atoms with Crippen molar-refractivity contribution >= 4 is 11.9 Å². The summed E-state index contributed by atoms with van der Waals surface area (Å²) in [6.07, 6.45) is 0.980. The molecule has 1 aromatic rings. The molecular weight excluding hydrogens is 244 g/mol. The number of hydrogen-bond donors (Lipinski definition) is 1. The molecule has 102 valence electrons. The molecule has 5 nitrogen and oxygen atoms in total. The van der Waals surface area contributed by atoms with E-state index in [4.69, 9.17) is 5.11 Å². The molecule has 1 aromatic carbocycles. The maximum atomic E-state index is 11.3. The van der Waals surface area contributed by atoms with E-state index in [9.17, 15) is 9.59 Å². The highest BCUT2D eigenvalue weighted by atomic mass is 16.4. The molecule has 1 N–H and O–H groups in total. The SMILES string of the molecule is O=C(O)C(=O)N1CCN(CCc2ccccc2)CC1. The van der Waals surface area contributed by atoms with Crippen molar-refractivity contribution in [2.45, 2.75) is 6.42 Å². The number of nitrogens with zero attached hydrogens (tertiary/aromatic N) is 2. The summed E-state index contributed by atoms with van der Waals surface area (Å²) < 4.78 is 0. The third kappa shape index (κ3) is 3.79. The topological polar surface area (TPSA) is 60.9 Å². The average Bonchev–Trinajstić information content (AvgIpc) is 2.46. The van der Waals surface area contributed by atoms with Crippen LogP contribution in [0.1, 0.15) is 5.56 Å². The number of aliphatic carboxylic acids is 1. The molecule has 1 amide bonds. The second-order valence-electron chi connectivity index (χ2n) is 4.67.